The van der Waals surface area contributed by atoms with Crippen molar-refractivity contribution in [2.24, 2.45) is 0 Å². The molecule has 1 amide bonds. The molecule has 7 heteroatoms. The van der Waals surface area contributed by atoms with Crippen LogP contribution in [0.1, 0.15) is 18.2 Å². The molecule has 0 spiro atoms. The summed E-state index contributed by atoms with van der Waals surface area (Å²) in [5.74, 6) is 0.866. The molecule has 28 heavy (non-hydrogen) atoms. The lowest BCUT2D eigenvalue weighted by atomic mass is 10.1. The number of rotatable bonds is 6. The number of aromatic amines is 2. The normalized spacial score (nSPS) is 11.1. The van der Waals surface area contributed by atoms with Crippen LogP contribution in [0.4, 0.5) is 5.69 Å². The van der Waals surface area contributed by atoms with Gasteiger partial charge in [-0.3, -0.25) is 9.89 Å². The molecule has 4 aromatic rings. The Morgan fingerprint density at radius 3 is 2.75 bits per heavy atom. The summed E-state index contributed by atoms with van der Waals surface area (Å²) in [7, 11) is 0. The maximum Gasteiger partial charge on any atom is 0.234 e. The van der Waals surface area contributed by atoms with Gasteiger partial charge < -0.3 is 10.3 Å². The fraction of sp³-hybridized carbons (Fsp3) is 0.190. The summed E-state index contributed by atoms with van der Waals surface area (Å²) in [6.07, 6.45) is 1.00. The Morgan fingerprint density at radius 2 is 1.96 bits per heavy atom. The van der Waals surface area contributed by atoms with Crippen LogP contribution in [0.3, 0.4) is 0 Å². The quantitative estimate of drug-likeness (QED) is 0.421. The van der Waals surface area contributed by atoms with Gasteiger partial charge in [-0.2, -0.15) is 0 Å². The first-order valence-electron chi connectivity index (χ1n) is 9.14. The second kappa shape index (κ2) is 7.90. The predicted molar refractivity (Wildman–Crippen MR) is 114 cm³/mol. The van der Waals surface area contributed by atoms with E-state index in [-0.39, 0.29) is 11.7 Å². The summed E-state index contributed by atoms with van der Waals surface area (Å²) in [5.41, 5.74) is 5.20. The molecule has 0 unspecified atom stereocenters. The third kappa shape index (κ3) is 4.09. The summed E-state index contributed by atoms with van der Waals surface area (Å²) < 4.78 is 0. The monoisotopic (exact) mass is 391 g/mol. The third-order valence-corrected chi connectivity index (χ3v) is 5.32. The fourth-order valence-corrected chi connectivity index (χ4v) is 3.62. The van der Waals surface area contributed by atoms with Gasteiger partial charge in [0.1, 0.15) is 0 Å². The zero-order chi connectivity index (χ0) is 19.5. The van der Waals surface area contributed by atoms with Crippen LogP contribution < -0.4 is 5.32 Å². The summed E-state index contributed by atoms with van der Waals surface area (Å²) in [6.45, 7) is 4.14. The van der Waals surface area contributed by atoms with E-state index in [0.29, 0.717) is 11.0 Å². The number of thioether (sulfide) groups is 1. The highest BCUT2D eigenvalue weighted by Crippen LogP contribution is 2.22. The highest BCUT2D eigenvalue weighted by atomic mass is 32.2. The van der Waals surface area contributed by atoms with Crippen molar-refractivity contribution in [3.05, 3.63) is 59.8 Å². The van der Waals surface area contributed by atoms with E-state index in [1.54, 1.807) is 0 Å². The maximum atomic E-state index is 12.3. The van der Waals surface area contributed by atoms with Gasteiger partial charge >= 0.3 is 0 Å². The van der Waals surface area contributed by atoms with Gasteiger partial charge in [0.25, 0.3) is 0 Å². The molecule has 2 aromatic carbocycles. The van der Waals surface area contributed by atoms with Crippen molar-refractivity contribution in [3.8, 4) is 11.4 Å². The van der Waals surface area contributed by atoms with E-state index in [4.69, 9.17) is 0 Å². The molecule has 4 rings (SSSR count). The van der Waals surface area contributed by atoms with Crippen LogP contribution in [0.15, 0.2) is 53.7 Å². The van der Waals surface area contributed by atoms with Crippen LogP contribution in [0.5, 0.6) is 0 Å². The van der Waals surface area contributed by atoms with Crippen LogP contribution in [-0.2, 0) is 11.2 Å². The number of amides is 1. The number of nitrogens with zero attached hydrogens (tertiary/aromatic N) is 2. The minimum Gasteiger partial charge on any atom is -0.359 e. The first-order chi connectivity index (χ1) is 13.6. The zero-order valence-corrected chi connectivity index (χ0v) is 16.6. The lowest BCUT2D eigenvalue weighted by Gasteiger charge is -2.04. The number of aromatic nitrogens is 4. The van der Waals surface area contributed by atoms with Crippen molar-refractivity contribution < 1.29 is 4.79 Å². The Morgan fingerprint density at radius 1 is 1.14 bits per heavy atom. The van der Waals surface area contributed by atoms with E-state index in [2.05, 4.69) is 50.6 Å². The van der Waals surface area contributed by atoms with Gasteiger partial charge in [0.05, 0.1) is 5.75 Å². The van der Waals surface area contributed by atoms with E-state index < -0.39 is 0 Å². The van der Waals surface area contributed by atoms with E-state index in [1.165, 1.54) is 17.3 Å². The highest BCUT2D eigenvalue weighted by molar-refractivity contribution is 7.99. The van der Waals surface area contributed by atoms with E-state index in [1.807, 2.05) is 37.3 Å². The number of benzene rings is 2. The Kier molecular flexibility index (Phi) is 5.16. The SMILES string of the molecule is CCc1ccc(-c2nc(SCC(=O)Nc3ccc4[nH]c(C)cc4c3)n[nH]2)cc1. The van der Waals surface area contributed by atoms with Gasteiger partial charge in [0.2, 0.25) is 11.1 Å². The number of carbonyl (C=O) groups is 1. The largest absolute Gasteiger partial charge is 0.359 e. The summed E-state index contributed by atoms with van der Waals surface area (Å²) >= 11 is 1.31. The lowest BCUT2D eigenvalue weighted by Crippen LogP contribution is -2.14. The molecule has 0 saturated carbocycles. The number of hydrogen-bond acceptors (Lipinski definition) is 4. The molecule has 0 aliphatic rings. The van der Waals surface area contributed by atoms with Crippen LogP contribution in [0.2, 0.25) is 0 Å². The number of anilines is 1. The number of nitrogens with one attached hydrogen (secondary N) is 3. The molecule has 0 atom stereocenters. The Labute approximate surface area is 167 Å². The van der Waals surface area contributed by atoms with Crippen LogP contribution >= 0.6 is 11.8 Å². The topological polar surface area (TPSA) is 86.5 Å². The third-order valence-electron chi connectivity index (χ3n) is 4.47. The first kappa shape index (κ1) is 18.3. The van der Waals surface area contributed by atoms with Crippen molar-refractivity contribution in [2.75, 3.05) is 11.1 Å². The summed E-state index contributed by atoms with van der Waals surface area (Å²) in [4.78, 5) is 20.0. The standard InChI is InChI=1S/C21H21N5OS/c1-3-14-4-6-15(7-5-14)20-24-21(26-25-20)28-12-19(27)23-17-8-9-18-16(11-17)10-13(2)22-18/h4-11,22H,3,12H2,1-2H3,(H,23,27)(H,24,25,26). The minimum absolute atomic E-state index is 0.0877. The lowest BCUT2D eigenvalue weighted by molar-refractivity contribution is -0.113. The molecule has 0 fully saturated rings. The van der Waals surface area contributed by atoms with Crippen LogP contribution in [0, 0.1) is 6.92 Å². The summed E-state index contributed by atoms with van der Waals surface area (Å²) in [6, 6.07) is 16.1. The van der Waals surface area contributed by atoms with Gasteiger partial charge in [0.15, 0.2) is 5.82 Å². The molecule has 0 aliphatic heterocycles. The molecule has 0 bridgehead atoms. The molecule has 0 radical (unpaired) electrons. The average molecular weight is 392 g/mol. The van der Waals surface area contributed by atoms with Gasteiger partial charge in [-0.1, -0.05) is 43.0 Å². The smallest absolute Gasteiger partial charge is 0.234 e. The van der Waals surface area contributed by atoms with Crippen molar-refractivity contribution in [1.29, 1.82) is 0 Å². The number of fused-ring (bicyclic) bond motifs is 1. The Bertz CT molecular complexity index is 1110. The maximum absolute atomic E-state index is 12.3. The molecule has 2 aromatic heterocycles. The second-order valence-corrected chi connectivity index (χ2v) is 7.55. The van der Waals surface area contributed by atoms with Crippen molar-refractivity contribution in [1.82, 2.24) is 20.2 Å². The molecular formula is C21H21N5OS. The average Bonchev–Trinajstić information content (AvgIpc) is 3.32. The van der Waals surface area contributed by atoms with E-state index >= 15 is 0 Å². The van der Waals surface area contributed by atoms with Crippen LogP contribution in [0.25, 0.3) is 22.3 Å². The van der Waals surface area contributed by atoms with Crippen LogP contribution in [-0.4, -0.2) is 31.8 Å². The molecule has 0 saturated heterocycles. The van der Waals surface area contributed by atoms with Gasteiger partial charge in [0, 0.05) is 27.8 Å². The van der Waals surface area contributed by atoms with E-state index in [9.17, 15) is 4.79 Å². The minimum atomic E-state index is -0.0877. The predicted octanol–water partition coefficient (Wildman–Crippen LogP) is 4.55. The fourth-order valence-electron chi connectivity index (χ4n) is 3.02. The Balaban J connectivity index is 1.35. The molecule has 6 nitrogen and oxygen atoms in total. The molecule has 2 heterocycles. The van der Waals surface area contributed by atoms with Gasteiger partial charge in [-0.05, 0) is 43.2 Å². The molecule has 3 N–H and O–H groups in total. The van der Waals surface area contributed by atoms with Crippen molar-refractivity contribution >= 4 is 34.3 Å². The zero-order valence-electron chi connectivity index (χ0n) is 15.7. The Hall–Kier alpha value is -3.06. The first-order valence-corrected chi connectivity index (χ1v) is 10.1. The number of H-pyrrole nitrogens is 2. The molecule has 0 aliphatic carbocycles. The summed E-state index contributed by atoms with van der Waals surface area (Å²) in [5, 5.41) is 11.7. The van der Waals surface area contributed by atoms with Crippen molar-refractivity contribution in [3.63, 3.8) is 0 Å². The molecule has 142 valence electrons. The number of aryl methyl sites for hydroxylation is 2. The number of carbonyl (C=O) groups excluding carboxylic acids is 1. The van der Waals surface area contributed by atoms with Gasteiger partial charge in [-0.15, -0.1) is 5.10 Å². The van der Waals surface area contributed by atoms with Gasteiger partial charge in [-0.25, -0.2) is 4.98 Å². The highest BCUT2D eigenvalue weighted by Gasteiger charge is 2.10. The molecular weight excluding hydrogens is 370 g/mol. The number of hydrogen-bond donors (Lipinski definition) is 3. The van der Waals surface area contributed by atoms with E-state index in [0.717, 1.165) is 34.3 Å². The van der Waals surface area contributed by atoms with Crippen molar-refractivity contribution in [2.45, 2.75) is 25.4 Å². The second-order valence-electron chi connectivity index (χ2n) is 6.61.